The monoisotopic (exact) mass is 444 g/mol. The van der Waals surface area contributed by atoms with Crippen molar-refractivity contribution in [1.82, 2.24) is 9.21 Å². The molecule has 0 unspecified atom stereocenters. The van der Waals surface area contributed by atoms with Gasteiger partial charge in [-0.25, -0.2) is 12.7 Å². The van der Waals surface area contributed by atoms with Crippen molar-refractivity contribution in [1.29, 1.82) is 0 Å². The molecule has 0 spiro atoms. The smallest absolute Gasteiger partial charge is 0.254 e. The molecule has 1 aromatic heterocycles. The molecule has 0 atom stereocenters. The Morgan fingerprint density at radius 2 is 1.77 bits per heavy atom. The summed E-state index contributed by atoms with van der Waals surface area (Å²) < 4.78 is 42.6. The number of fused-ring (bicyclic) bond motifs is 1. The van der Waals surface area contributed by atoms with Gasteiger partial charge in [0.2, 0.25) is 10.0 Å². The van der Waals surface area contributed by atoms with E-state index in [0.717, 1.165) is 0 Å². The van der Waals surface area contributed by atoms with Gasteiger partial charge >= 0.3 is 0 Å². The molecule has 2 heterocycles. The zero-order valence-corrected chi connectivity index (χ0v) is 18.2. The number of sulfonamides is 1. The Morgan fingerprint density at radius 3 is 2.45 bits per heavy atom. The summed E-state index contributed by atoms with van der Waals surface area (Å²) in [6.07, 6.45) is 0. The SMILES string of the molecule is CN(C)S(=O)(=O)c1ccc2oc(COc3ccc(C(=O)N4CCOCC4)cc3)cc2c1. The average Bonchev–Trinajstić information content (AvgIpc) is 3.20. The second-order valence-electron chi connectivity index (χ2n) is 7.42. The molecule has 0 aliphatic carbocycles. The number of morpholine rings is 1. The molecule has 0 bridgehead atoms. The van der Waals surface area contributed by atoms with Crippen LogP contribution in [0.15, 0.2) is 57.8 Å². The van der Waals surface area contributed by atoms with E-state index in [9.17, 15) is 13.2 Å². The summed E-state index contributed by atoms with van der Waals surface area (Å²) in [5.41, 5.74) is 1.19. The van der Waals surface area contributed by atoms with Crippen molar-refractivity contribution < 1.29 is 27.1 Å². The number of nitrogens with zero attached hydrogens (tertiary/aromatic N) is 2. The number of amides is 1. The zero-order valence-electron chi connectivity index (χ0n) is 17.4. The van der Waals surface area contributed by atoms with Gasteiger partial charge in [-0.15, -0.1) is 0 Å². The molecule has 1 saturated heterocycles. The topological polar surface area (TPSA) is 89.3 Å². The van der Waals surface area contributed by atoms with E-state index < -0.39 is 10.0 Å². The van der Waals surface area contributed by atoms with E-state index in [0.29, 0.717) is 54.3 Å². The lowest BCUT2D eigenvalue weighted by Crippen LogP contribution is -2.40. The van der Waals surface area contributed by atoms with Crippen molar-refractivity contribution in [3.05, 3.63) is 59.9 Å². The lowest BCUT2D eigenvalue weighted by Gasteiger charge is -2.26. The van der Waals surface area contributed by atoms with Crippen LogP contribution in [-0.2, 0) is 21.4 Å². The van der Waals surface area contributed by atoms with Crippen molar-refractivity contribution in [2.75, 3.05) is 40.4 Å². The second kappa shape index (κ2) is 8.70. The standard InChI is InChI=1S/C22H24N2O6S/c1-23(2)31(26,27)20-7-8-21-17(14-20)13-19(30-21)15-29-18-5-3-16(4-6-18)22(25)24-9-11-28-12-10-24/h3-8,13-14H,9-12,15H2,1-2H3. The number of ether oxygens (including phenoxy) is 2. The fourth-order valence-corrected chi connectivity index (χ4v) is 4.25. The van der Waals surface area contributed by atoms with Crippen molar-refractivity contribution >= 4 is 26.9 Å². The predicted octanol–water partition coefficient (Wildman–Crippen LogP) is 2.73. The van der Waals surface area contributed by atoms with Crippen LogP contribution in [0.25, 0.3) is 11.0 Å². The van der Waals surface area contributed by atoms with Crippen molar-refractivity contribution in [3.63, 3.8) is 0 Å². The molecule has 31 heavy (non-hydrogen) atoms. The van der Waals surface area contributed by atoms with Crippen molar-refractivity contribution in [3.8, 4) is 5.75 Å². The van der Waals surface area contributed by atoms with Gasteiger partial charge in [0.1, 0.15) is 23.7 Å². The summed E-state index contributed by atoms with van der Waals surface area (Å²) in [5.74, 6) is 1.16. The Kier molecular flexibility index (Phi) is 5.99. The highest BCUT2D eigenvalue weighted by Gasteiger charge is 2.19. The Hall–Kier alpha value is -2.88. The van der Waals surface area contributed by atoms with Crippen LogP contribution in [-0.4, -0.2) is 63.9 Å². The maximum Gasteiger partial charge on any atom is 0.254 e. The number of hydrogen-bond acceptors (Lipinski definition) is 6. The number of rotatable bonds is 6. The number of carbonyl (C=O) groups excluding carboxylic acids is 1. The van der Waals surface area contributed by atoms with Gasteiger partial charge < -0.3 is 18.8 Å². The van der Waals surface area contributed by atoms with Gasteiger partial charge in [-0.3, -0.25) is 4.79 Å². The molecular weight excluding hydrogens is 420 g/mol. The molecule has 4 rings (SSSR count). The summed E-state index contributed by atoms with van der Waals surface area (Å²) in [4.78, 5) is 14.5. The minimum Gasteiger partial charge on any atom is -0.486 e. The maximum atomic E-state index is 12.5. The van der Waals surface area contributed by atoms with Crippen LogP contribution >= 0.6 is 0 Å². The van der Waals surface area contributed by atoms with Gasteiger partial charge in [-0.1, -0.05) is 0 Å². The normalized spacial score (nSPS) is 14.9. The van der Waals surface area contributed by atoms with Gasteiger partial charge in [0.05, 0.1) is 18.1 Å². The molecule has 0 saturated carbocycles. The van der Waals surface area contributed by atoms with Crippen LogP contribution in [0, 0.1) is 0 Å². The third kappa shape index (κ3) is 4.58. The summed E-state index contributed by atoms with van der Waals surface area (Å²) >= 11 is 0. The molecule has 1 fully saturated rings. The molecular formula is C22H24N2O6S. The van der Waals surface area contributed by atoms with Crippen LogP contribution in [0.5, 0.6) is 5.75 Å². The predicted molar refractivity (Wildman–Crippen MR) is 115 cm³/mol. The molecule has 2 aromatic carbocycles. The van der Waals surface area contributed by atoms with E-state index >= 15 is 0 Å². The van der Waals surface area contributed by atoms with Gasteiger partial charge in [0, 0.05) is 38.1 Å². The highest BCUT2D eigenvalue weighted by Crippen LogP contribution is 2.25. The van der Waals surface area contributed by atoms with E-state index in [1.165, 1.54) is 24.5 Å². The first-order valence-electron chi connectivity index (χ1n) is 9.89. The van der Waals surface area contributed by atoms with Crippen LogP contribution < -0.4 is 4.74 Å². The quantitative estimate of drug-likeness (QED) is 0.581. The van der Waals surface area contributed by atoms with Crippen molar-refractivity contribution in [2.45, 2.75) is 11.5 Å². The van der Waals surface area contributed by atoms with Crippen LogP contribution in [0.4, 0.5) is 0 Å². The summed E-state index contributed by atoms with van der Waals surface area (Å²) in [7, 11) is -0.523. The Morgan fingerprint density at radius 1 is 1.06 bits per heavy atom. The summed E-state index contributed by atoms with van der Waals surface area (Å²) in [6.45, 7) is 2.50. The highest BCUT2D eigenvalue weighted by molar-refractivity contribution is 7.89. The third-order valence-electron chi connectivity index (χ3n) is 5.10. The number of benzene rings is 2. The van der Waals surface area contributed by atoms with E-state index in [-0.39, 0.29) is 17.4 Å². The van der Waals surface area contributed by atoms with Crippen molar-refractivity contribution in [2.24, 2.45) is 0 Å². The lowest BCUT2D eigenvalue weighted by molar-refractivity contribution is 0.0303. The minimum atomic E-state index is -3.51. The maximum absolute atomic E-state index is 12.5. The largest absolute Gasteiger partial charge is 0.486 e. The van der Waals surface area contributed by atoms with Gasteiger partial charge in [-0.2, -0.15) is 0 Å². The minimum absolute atomic E-state index is 0.0179. The number of furan rings is 1. The molecule has 1 amide bonds. The Labute approximate surface area is 181 Å². The third-order valence-corrected chi connectivity index (χ3v) is 6.91. The fraction of sp³-hybridized carbons (Fsp3) is 0.318. The summed E-state index contributed by atoms with van der Waals surface area (Å²) in [5, 5.41) is 0.688. The van der Waals surface area contributed by atoms with Gasteiger partial charge in [0.15, 0.2) is 0 Å². The Balaban J connectivity index is 1.42. The Bertz CT molecular complexity index is 1180. The first-order chi connectivity index (χ1) is 14.8. The molecule has 0 radical (unpaired) electrons. The first kappa shape index (κ1) is 21.4. The molecule has 9 heteroatoms. The molecule has 164 valence electrons. The van der Waals surface area contributed by atoms with E-state index in [1.807, 2.05) is 0 Å². The molecule has 0 N–H and O–H groups in total. The van der Waals surface area contributed by atoms with E-state index in [1.54, 1.807) is 47.4 Å². The van der Waals surface area contributed by atoms with Gasteiger partial charge in [0.25, 0.3) is 5.91 Å². The van der Waals surface area contributed by atoms with Crippen LogP contribution in [0.1, 0.15) is 16.1 Å². The molecule has 1 aliphatic heterocycles. The van der Waals surface area contributed by atoms with Gasteiger partial charge in [-0.05, 0) is 48.5 Å². The van der Waals surface area contributed by atoms with E-state index in [2.05, 4.69) is 0 Å². The van der Waals surface area contributed by atoms with Crippen LogP contribution in [0.3, 0.4) is 0 Å². The molecule has 8 nitrogen and oxygen atoms in total. The average molecular weight is 445 g/mol. The van der Waals surface area contributed by atoms with Crippen LogP contribution in [0.2, 0.25) is 0 Å². The fourth-order valence-electron chi connectivity index (χ4n) is 3.32. The molecule has 1 aliphatic rings. The number of hydrogen-bond donors (Lipinski definition) is 0. The van der Waals surface area contributed by atoms with E-state index in [4.69, 9.17) is 13.9 Å². The number of carbonyl (C=O) groups is 1. The first-order valence-corrected chi connectivity index (χ1v) is 11.3. The summed E-state index contributed by atoms with van der Waals surface area (Å²) in [6, 6.07) is 13.5. The zero-order chi connectivity index (χ0) is 22.0. The lowest BCUT2D eigenvalue weighted by atomic mass is 10.2. The second-order valence-corrected chi connectivity index (χ2v) is 9.57. The molecule has 3 aromatic rings. The highest BCUT2D eigenvalue weighted by atomic mass is 32.2.